The first-order valence-electron chi connectivity index (χ1n) is 11.7. The number of benzene rings is 2. The number of methoxy groups -OCH3 is 1. The number of allylic oxidation sites excluding steroid dienone is 2. The number of ether oxygens (including phenoxy) is 1. The SMILES string of the molecule is COc1ccccc1NC(=O)C1=C(C)NC(SCC(=O)Nc2ccc(Cl)c(Cl)c2)=C(C#N)C1c1ccc(C)o1. The van der Waals surface area contributed by atoms with Gasteiger partial charge in [-0.1, -0.05) is 47.1 Å². The number of nitrogens with one attached hydrogen (secondary N) is 3. The van der Waals surface area contributed by atoms with E-state index in [0.717, 1.165) is 11.8 Å². The Balaban J connectivity index is 1.61. The van der Waals surface area contributed by atoms with Crippen LogP contribution >= 0.6 is 35.0 Å². The van der Waals surface area contributed by atoms with Crippen molar-refractivity contribution in [2.45, 2.75) is 19.8 Å². The second kappa shape index (κ2) is 12.3. The van der Waals surface area contributed by atoms with Gasteiger partial charge in [0.2, 0.25) is 5.91 Å². The molecular weight excluding hydrogens is 559 g/mol. The highest BCUT2D eigenvalue weighted by molar-refractivity contribution is 8.03. The van der Waals surface area contributed by atoms with Gasteiger partial charge in [0.25, 0.3) is 5.91 Å². The van der Waals surface area contributed by atoms with Crippen LogP contribution in [0, 0.1) is 18.3 Å². The van der Waals surface area contributed by atoms with Crippen LogP contribution in [0.4, 0.5) is 11.4 Å². The first-order chi connectivity index (χ1) is 18.7. The van der Waals surface area contributed by atoms with E-state index in [-0.39, 0.29) is 17.2 Å². The number of hydrogen-bond acceptors (Lipinski definition) is 7. The van der Waals surface area contributed by atoms with Crippen LogP contribution in [-0.2, 0) is 9.59 Å². The minimum absolute atomic E-state index is 0.00626. The molecule has 1 aliphatic heterocycles. The summed E-state index contributed by atoms with van der Waals surface area (Å²) in [7, 11) is 1.52. The lowest BCUT2D eigenvalue weighted by Crippen LogP contribution is -2.31. The summed E-state index contributed by atoms with van der Waals surface area (Å²) in [6, 6.07) is 17.6. The topological polar surface area (TPSA) is 116 Å². The predicted octanol–water partition coefficient (Wildman–Crippen LogP) is 6.61. The summed E-state index contributed by atoms with van der Waals surface area (Å²) in [4.78, 5) is 26.3. The number of dihydropyridines is 1. The fourth-order valence-electron chi connectivity index (χ4n) is 4.07. The average Bonchev–Trinajstić information content (AvgIpc) is 3.35. The Kier molecular flexibility index (Phi) is 8.92. The minimum Gasteiger partial charge on any atom is -0.495 e. The molecule has 1 unspecified atom stereocenters. The van der Waals surface area contributed by atoms with E-state index in [9.17, 15) is 14.9 Å². The number of nitrogens with zero attached hydrogens (tertiary/aromatic N) is 1. The Bertz CT molecular complexity index is 1540. The largest absolute Gasteiger partial charge is 0.495 e. The molecule has 1 aliphatic rings. The van der Waals surface area contributed by atoms with Crippen LogP contribution in [0.15, 0.2) is 80.9 Å². The summed E-state index contributed by atoms with van der Waals surface area (Å²) in [6.45, 7) is 3.53. The molecule has 2 aromatic carbocycles. The Morgan fingerprint density at radius 1 is 1.10 bits per heavy atom. The quantitative estimate of drug-likeness (QED) is 0.273. The van der Waals surface area contributed by atoms with Crippen LogP contribution < -0.4 is 20.7 Å². The van der Waals surface area contributed by atoms with Gasteiger partial charge in [-0.05, 0) is 56.3 Å². The van der Waals surface area contributed by atoms with E-state index in [4.69, 9.17) is 32.4 Å². The number of hydrogen-bond donors (Lipinski definition) is 3. The molecule has 3 aromatic rings. The maximum absolute atomic E-state index is 13.6. The van der Waals surface area contributed by atoms with Crippen molar-refractivity contribution >= 4 is 58.2 Å². The molecule has 0 fully saturated rings. The van der Waals surface area contributed by atoms with Crippen molar-refractivity contribution in [3.63, 3.8) is 0 Å². The summed E-state index contributed by atoms with van der Waals surface area (Å²) in [5, 5.41) is 20.2. The minimum atomic E-state index is -0.791. The molecule has 0 radical (unpaired) electrons. The van der Waals surface area contributed by atoms with Crippen LogP contribution in [0.1, 0.15) is 24.4 Å². The van der Waals surface area contributed by atoms with Crippen molar-refractivity contribution in [1.82, 2.24) is 5.32 Å². The monoisotopic (exact) mass is 582 g/mol. The van der Waals surface area contributed by atoms with Crippen LogP contribution in [0.25, 0.3) is 0 Å². The molecule has 200 valence electrons. The molecule has 0 saturated heterocycles. The molecule has 2 amide bonds. The number of rotatable bonds is 8. The molecule has 1 atom stereocenters. The number of aryl methyl sites for hydroxylation is 1. The van der Waals surface area contributed by atoms with Crippen molar-refractivity contribution in [3.8, 4) is 11.8 Å². The van der Waals surface area contributed by atoms with Gasteiger partial charge in [0.1, 0.15) is 17.3 Å². The number of furan rings is 1. The molecule has 3 N–H and O–H groups in total. The Morgan fingerprint density at radius 3 is 2.54 bits per heavy atom. The van der Waals surface area contributed by atoms with Gasteiger partial charge in [-0.2, -0.15) is 5.26 Å². The average molecular weight is 583 g/mol. The lowest BCUT2D eigenvalue weighted by atomic mass is 9.85. The number of nitriles is 1. The van der Waals surface area contributed by atoms with Crippen molar-refractivity contribution in [2.24, 2.45) is 0 Å². The molecule has 39 heavy (non-hydrogen) atoms. The van der Waals surface area contributed by atoms with Gasteiger partial charge in [0.15, 0.2) is 0 Å². The fourth-order valence-corrected chi connectivity index (χ4v) is 5.26. The molecular formula is C28H24Cl2N4O4S. The van der Waals surface area contributed by atoms with Gasteiger partial charge in [-0.3, -0.25) is 9.59 Å². The van der Waals surface area contributed by atoms with Crippen molar-refractivity contribution < 1.29 is 18.7 Å². The van der Waals surface area contributed by atoms with E-state index < -0.39 is 11.8 Å². The Labute approximate surface area is 240 Å². The van der Waals surface area contributed by atoms with Gasteiger partial charge < -0.3 is 25.1 Å². The number of thioether (sulfide) groups is 1. The zero-order valence-electron chi connectivity index (χ0n) is 21.2. The van der Waals surface area contributed by atoms with Gasteiger partial charge in [0, 0.05) is 11.4 Å². The standard InChI is InChI=1S/C28H24Cl2N4O4S/c1-15-8-11-23(38-15)26-18(13-31)28(39-14-24(35)33-17-9-10-19(29)20(30)12-17)32-16(2)25(26)27(36)34-21-6-4-5-7-22(21)37-3/h4-12,26,32H,14H2,1-3H3,(H,33,35)(H,34,36). The highest BCUT2D eigenvalue weighted by Gasteiger charge is 2.37. The van der Waals surface area contributed by atoms with E-state index >= 15 is 0 Å². The van der Waals surface area contributed by atoms with Crippen LogP contribution in [0.2, 0.25) is 10.0 Å². The molecule has 8 nitrogen and oxygen atoms in total. The molecule has 2 heterocycles. The van der Waals surface area contributed by atoms with Gasteiger partial charge in [-0.15, -0.1) is 0 Å². The Morgan fingerprint density at radius 2 is 1.87 bits per heavy atom. The molecule has 0 bridgehead atoms. The number of para-hydroxylation sites is 2. The summed E-state index contributed by atoms with van der Waals surface area (Å²) in [6.07, 6.45) is 0. The molecule has 4 rings (SSSR count). The van der Waals surface area contributed by atoms with Crippen LogP contribution in [-0.4, -0.2) is 24.7 Å². The van der Waals surface area contributed by atoms with E-state index in [1.54, 1.807) is 68.4 Å². The number of anilines is 2. The molecule has 1 aromatic heterocycles. The molecule has 0 saturated carbocycles. The van der Waals surface area contributed by atoms with Crippen molar-refractivity contribution in [2.75, 3.05) is 23.5 Å². The fraction of sp³-hybridized carbons (Fsp3) is 0.179. The highest BCUT2D eigenvalue weighted by atomic mass is 35.5. The van der Waals surface area contributed by atoms with E-state index in [0.29, 0.717) is 55.0 Å². The summed E-state index contributed by atoms with van der Waals surface area (Å²) in [5.74, 6) is 0.0492. The maximum Gasteiger partial charge on any atom is 0.254 e. The maximum atomic E-state index is 13.6. The third-order valence-electron chi connectivity index (χ3n) is 5.84. The van der Waals surface area contributed by atoms with Crippen LogP contribution in [0.5, 0.6) is 5.75 Å². The Hall–Kier alpha value is -3.84. The number of carbonyl (C=O) groups excluding carboxylic acids is 2. The van der Waals surface area contributed by atoms with E-state index in [2.05, 4.69) is 22.0 Å². The van der Waals surface area contributed by atoms with E-state index in [1.807, 2.05) is 0 Å². The molecule has 0 aliphatic carbocycles. The first kappa shape index (κ1) is 28.2. The van der Waals surface area contributed by atoms with Crippen LogP contribution in [0.3, 0.4) is 0 Å². The predicted molar refractivity (Wildman–Crippen MR) is 154 cm³/mol. The number of amides is 2. The zero-order chi connectivity index (χ0) is 28.1. The second-order valence-electron chi connectivity index (χ2n) is 8.52. The first-order valence-corrected chi connectivity index (χ1v) is 13.5. The van der Waals surface area contributed by atoms with Gasteiger partial charge in [0.05, 0.1) is 56.8 Å². The summed E-state index contributed by atoms with van der Waals surface area (Å²) >= 11 is 13.1. The highest BCUT2D eigenvalue weighted by Crippen LogP contribution is 2.42. The van der Waals surface area contributed by atoms with E-state index in [1.165, 1.54) is 7.11 Å². The molecule has 11 heteroatoms. The second-order valence-corrected chi connectivity index (χ2v) is 10.3. The summed E-state index contributed by atoms with van der Waals surface area (Å²) in [5.41, 5.74) is 2.08. The van der Waals surface area contributed by atoms with Crippen molar-refractivity contribution in [1.29, 1.82) is 5.26 Å². The third kappa shape index (κ3) is 6.42. The normalized spacial score (nSPS) is 14.9. The number of halogens is 2. The zero-order valence-corrected chi connectivity index (χ0v) is 23.6. The smallest absolute Gasteiger partial charge is 0.254 e. The lowest BCUT2D eigenvalue weighted by molar-refractivity contribution is -0.114. The third-order valence-corrected chi connectivity index (χ3v) is 7.60. The van der Waals surface area contributed by atoms with Gasteiger partial charge >= 0.3 is 0 Å². The lowest BCUT2D eigenvalue weighted by Gasteiger charge is -2.28. The number of carbonyl (C=O) groups is 2. The summed E-state index contributed by atoms with van der Waals surface area (Å²) < 4.78 is 11.3. The molecule has 0 spiro atoms. The van der Waals surface area contributed by atoms with Gasteiger partial charge in [-0.25, -0.2) is 0 Å². The van der Waals surface area contributed by atoms with Crippen molar-refractivity contribution in [3.05, 3.63) is 98.0 Å².